The van der Waals surface area contributed by atoms with Crippen molar-refractivity contribution in [3.05, 3.63) is 0 Å². The van der Waals surface area contributed by atoms with Gasteiger partial charge < -0.3 is 10.2 Å². The number of aliphatic hydroxyl groups excluding tert-OH is 1. The quantitative estimate of drug-likeness (QED) is 0.818. The van der Waals surface area contributed by atoms with Crippen molar-refractivity contribution < 1.29 is 10.2 Å². The van der Waals surface area contributed by atoms with Gasteiger partial charge in [0.05, 0.1) is 12.2 Å². The van der Waals surface area contributed by atoms with E-state index in [9.17, 15) is 10.2 Å². The van der Waals surface area contributed by atoms with Crippen LogP contribution in [0.15, 0.2) is 0 Å². The number of fused-ring (bicyclic) bond motifs is 1. The van der Waals surface area contributed by atoms with Gasteiger partial charge in [0.25, 0.3) is 0 Å². The fraction of sp³-hybridized carbons (Fsp3) is 1.00. The summed E-state index contributed by atoms with van der Waals surface area (Å²) in [5, 5.41) is 20.6. The van der Waals surface area contributed by atoms with E-state index in [1.807, 2.05) is 0 Å². The molecular weight excluding hydrogens is 260 g/mol. The first-order valence-corrected chi connectivity index (χ1v) is 9.23. The highest BCUT2D eigenvalue weighted by Gasteiger charge is 2.64. The Morgan fingerprint density at radius 1 is 1.19 bits per heavy atom. The van der Waals surface area contributed by atoms with Crippen LogP contribution >= 0.6 is 0 Å². The third-order valence-electron chi connectivity index (χ3n) is 7.95. The number of unbranched alkanes of at least 4 members (excludes halogenated alkanes) is 1. The van der Waals surface area contributed by atoms with Crippen LogP contribution in [-0.4, -0.2) is 22.4 Å². The number of aliphatic hydroxyl groups is 2. The molecule has 0 aromatic carbocycles. The van der Waals surface area contributed by atoms with Crippen molar-refractivity contribution in [2.75, 3.05) is 6.61 Å². The highest BCUT2D eigenvalue weighted by Crippen LogP contribution is 2.69. The molecule has 0 aromatic rings. The van der Waals surface area contributed by atoms with Gasteiger partial charge in [-0.2, -0.15) is 0 Å². The first kappa shape index (κ1) is 15.8. The Morgan fingerprint density at radius 2 is 1.95 bits per heavy atom. The van der Waals surface area contributed by atoms with Crippen molar-refractivity contribution in [3.8, 4) is 0 Å². The Balaban J connectivity index is 1.91. The SMILES string of the molecule is CCCC[C@]1(C)C(C)CC[C@@]23C[C@@H](CCC21)[C@@](O)(CO)C3. The van der Waals surface area contributed by atoms with E-state index in [4.69, 9.17) is 0 Å². The van der Waals surface area contributed by atoms with Gasteiger partial charge in [-0.3, -0.25) is 0 Å². The van der Waals surface area contributed by atoms with Gasteiger partial charge in [0, 0.05) is 0 Å². The van der Waals surface area contributed by atoms with E-state index in [1.165, 1.54) is 44.9 Å². The molecule has 122 valence electrons. The molecule has 3 aliphatic rings. The maximum Gasteiger partial charge on any atom is 0.0910 e. The molecule has 0 radical (unpaired) electrons. The van der Waals surface area contributed by atoms with Crippen LogP contribution in [0.25, 0.3) is 0 Å². The largest absolute Gasteiger partial charge is 0.393 e. The summed E-state index contributed by atoms with van der Waals surface area (Å²) >= 11 is 0. The Hall–Kier alpha value is -0.0800. The Bertz CT molecular complexity index is 395. The molecule has 2 N–H and O–H groups in total. The minimum atomic E-state index is -0.777. The lowest BCUT2D eigenvalue weighted by atomic mass is 9.47. The molecule has 0 heterocycles. The van der Waals surface area contributed by atoms with Gasteiger partial charge in [0.2, 0.25) is 0 Å². The molecule has 2 bridgehead atoms. The first-order valence-electron chi connectivity index (χ1n) is 9.23. The van der Waals surface area contributed by atoms with Gasteiger partial charge in [-0.05, 0) is 73.5 Å². The standard InChI is InChI=1S/C19H34O2/c1-4-5-9-17(3)14(2)8-10-18-11-15(6-7-16(17)18)19(21,12-18)13-20/h14-16,20-21H,4-13H2,1-3H3/t14?,15-,16?,17-,18+,19+/m1/s1. The summed E-state index contributed by atoms with van der Waals surface area (Å²) in [6.45, 7) is 7.26. The van der Waals surface area contributed by atoms with Crippen molar-refractivity contribution >= 4 is 0 Å². The fourth-order valence-corrected chi connectivity index (χ4v) is 6.55. The van der Waals surface area contributed by atoms with Crippen molar-refractivity contribution in [1.29, 1.82) is 0 Å². The molecule has 6 atom stereocenters. The van der Waals surface area contributed by atoms with Gasteiger partial charge in [-0.25, -0.2) is 0 Å². The molecule has 2 nitrogen and oxygen atoms in total. The zero-order valence-electron chi connectivity index (χ0n) is 14.2. The zero-order valence-corrected chi connectivity index (χ0v) is 14.2. The molecule has 2 heteroatoms. The predicted octanol–water partition coefficient (Wildman–Crippen LogP) is 4.14. The third kappa shape index (κ3) is 2.20. The second kappa shape index (κ2) is 5.23. The average Bonchev–Trinajstić information content (AvgIpc) is 2.69. The maximum atomic E-state index is 10.9. The van der Waals surface area contributed by atoms with Crippen LogP contribution in [0, 0.1) is 28.6 Å². The lowest BCUT2D eigenvalue weighted by Crippen LogP contribution is -2.49. The van der Waals surface area contributed by atoms with E-state index >= 15 is 0 Å². The van der Waals surface area contributed by atoms with Gasteiger partial charge in [0.15, 0.2) is 0 Å². The Morgan fingerprint density at radius 3 is 2.62 bits per heavy atom. The third-order valence-corrected chi connectivity index (χ3v) is 7.95. The van der Waals surface area contributed by atoms with Crippen LogP contribution in [0.5, 0.6) is 0 Å². The average molecular weight is 294 g/mol. The molecule has 3 saturated carbocycles. The molecule has 1 spiro atoms. The summed E-state index contributed by atoms with van der Waals surface area (Å²) in [5.74, 6) is 1.92. The van der Waals surface area contributed by atoms with Crippen LogP contribution in [0.1, 0.15) is 78.6 Å². The van der Waals surface area contributed by atoms with Crippen LogP contribution in [0.2, 0.25) is 0 Å². The van der Waals surface area contributed by atoms with Crippen LogP contribution in [0.3, 0.4) is 0 Å². The van der Waals surface area contributed by atoms with E-state index in [0.717, 1.165) is 24.7 Å². The monoisotopic (exact) mass is 294 g/mol. The molecule has 0 aliphatic heterocycles. The summed E-state index contributed by atoms with van der Waals surface area (Å²) in [4.78, 5) is 0. The molecule has 21 heavy (non-hydrogen) atoms. The summed E-state index contributed by atoms with van der Waals surface area (Å²) in [7, 11) is 0. The zero-order chi connectivity index (χ0) is 15.3. The lowest BCUT2D eigenvalue weighted by molar-refractivity contribution is -0.0861. The maximum absolute atomic E-state index is 10.9. The highest BCUT2D eigenvalue weighted by atomic mass is 16.3. The van der Waals surface area contributed by atoms with Gasteiger partial charge in [-0.15, -0.1) is 0 Å². The molecule has 3 aliphatic carbocycles. The topological polar surface area (TPSA) is 40.5 Å². The van der Waals surface area contributed by atoms with Crippen LogP contribution in [0.4, 0.5) is 0 Å². The summed E-state index contributed by atoms with van der Waals surface area (Å²) < 4.78 is 0. The minimum Gasteiger partial charge on any atom is -0.393 e. The molecule has 3 fully saturated rings. The van der Waals surface area contributed by atoms with Crippen molar-refractivity contribution in [3.63, 3.8) is 0 Å². The summed E-state index contributed by atoms with van der Waals surface area (Å²) in [6.07, 6.45) is 11.0. The number of hydrogen-bond donors (Lipinski definition) is 2. The predicted molar refractivity (Wildman–Crippen MR) is 85.9 cm³/mol. The smallest absolute Gasteiger partial charge is 0.0910 e. The Labute approximate surface area is 130 Å². The van der Waals surface area contributed by atoms with Crippen molar-refractivity contribution in [2.24, 2.45) is 28.6 Å². The van der Waals surface area contributed by atoms with Gasteiger partial charge in [0.1, 0.15) is 0 Å². The molecule has 2 unspecified atom stereocenters. The van der Waals surface area contributed by atoms with Crippen molar-refractivity contribution in [1.82, 2.24) is 0 Å². The highest BCUT2D eigenvalue weighted by molar-refractivity contribution is 5.14. The fourth-order valence-electron chi connectivity index (χ4n) is 6.55. The van der Waals surface area contributed by atoms with Crippen LogP contribution < -0.4 is 0 Å². The van der Waals surface area contributed by atoms with E-state index in [2.05, 4.69) is 20.8 Å². The minimum absolute atomic E-state index is 0.0344. The van der Waals surface area contributed by atoms with E-state index in [0.29, 0.717) is 16.7 Å². The summed E-state index contributed by atoms with van der Waals surface area (Å²) in [5.41, 5.74) is -0.00364. The van der Waals surface area contributed by atoms with Crippen molar-refractivity contribution in [2.45, 2.75) is 84.2 Å². The number of hydrogen-bond acceptors (Lipinski definition) is 2. The van der Waals surface area contributed by atoms with E-state index < -0.39 is 5.60 Å². The van der Waals surface area contributed by atoms with Crippen LogP contribution in [-0.2, 0) is 0 Å². The second-order valence-electron chi connectivity index (χ2n) is 8.88. The van der Waals surface area contributed by atoms with Gasteiger partial charge in [-0.1, -0.05) is 33.6 Å². The normalized spacial score (nSPS) is 52.7. The molecule has 0 aromatic heterocycles. The first-order chi connectivity index (χ1) is 9.90. The lowest BCUT2D eigenvalue weighted by Gasteiger charge is -2.58. The summed E-state index contributed by atoms with van der Waals surface area (Å²) in [6, 6.07) is 0. The molecule has 0 saturated heterocycles. The second-order valence-corrected chi connectivity index (χ2v) is 8.88. The molecular formula is C19H34O2. The van der Waals surface area contributed by atoms with Gasteiger partial charge >= 0.3 is 0 Å². The molecule has 0 amide bonds. The Kier molecular flexibility index (Phi) is 3.94. The number of rotatable bonds is 4. The van der Waals surface area contributed by atoms with E-state index in [-0.39, 0.29) is 6.61 Å². The molecule has 3 rings (SSSR count). The van der Waals surface area contributed by atoms with E-state index in [1.54, 1.807) is 0 Å².